The van der Waals surface area contributed by atoms with E-state index in [1.54, 1.807) is 0 Å². The molecule has 0 aliphatic carbocycles. The summed E-state index contributed by atoms with van der Waals surface area (Å²) in [5.74, 6) is 1.06. The minimum Gasteiger partial charge on any atom is -0.443 e. The van der Waals surface area contributed by atoms with Crippen molar-refractivity contribution < 1.29 is 14.6 Å². The summed E-state index contributed by atoms with van der Waals surface area (Å²) in [6, 6.07) is 0. The molecule has 4 nitrogen and oxygen atoms in total. The first-order chi connectivity index (χ1) is 14.2. The SMILES string of the molecule is CCCCCCCC/C=C\CCCCCCCCc1nc(C(O)CC)c(CO)o1. The second-order valence-electron chi connectivity index (χ2n) is 8.19. The number of aliphatic hydroxyl groups excluding tert-OH is 2. The van der Waals surface area contributed by atoms with E-state index in [4.69, 9.17) is 4.42 Å². The molecule has 168 valence electrons. The predicted molar refractivity (Wildman–Crippen MR) is 121 cm³/mol. The average Bonchev–Trinajstić information content (AvgIpc) is 3.16. The van der Waals surface area contributed by atoms with Gasteiger partial charge in [-0.1, -0.05) is 83.8 Å². The van der Waals surface area contributed by atoms with Crippen molar-refractivity contribution in [2.75, 3.05) is 0 Å². The second-order valence-corrected chi connectivity index (χ2v) is 8.19. The third kappa shape index (κ3) is 12.2. The lowest BCUT2D eigenvalue weighted by Crippen LogP contribution is -2.00. The van der Waals surface area contributed by atoms with Crippen LogP contribution in [0.4, 0.5) is 0 Å². The summed E-state index contributed by atoms with van der Waals surface area (Å²) in [5.41, 5.74) is 0.509. The molecule has 0 radical (unpaired) electrons. The monoisotopic (exact) mass is 407 g/mol. The summed E-state index contributed by atoms with van der Waals surface area (Å²) >= 11 is 0. The summed E-state index contributed by atoms with van der Waals surface area (Å²) < 4.78 is 5.58. The Morgan fingerprint density at radius 1 is 0.828 bits per heavy atom. The van der Waals surface area contributed by atoms with Crippen molar-refractivity contribution in [1.29, 1.82) is 0 Å². The molecule has 4 heteroatoms. The first-order valence-electron chi connectivity index (χ1n) is 12.1. The summed E-state index contributed by atoms with van der Waals surface area (Å²) in [7, 11) is 0. The number of nitrogens with zero attached hydrogens (tertiary/aromatic N) is 1. The average molecular weight is 408 g/mol. The van der Waals surface area contributed by atoms with E-state index in [9.17, 15) is 10.2 Å². The predicted octanol–water partition coefficient (Wildman–Crippen LogP) is 7.19. The number of aryl methyl sites for hydroxylation is 1. The maximum Gasteiger partial charge on any atom is 0.194 e. The van der Waals surface area contributed by atoms with E-state index in [-0.39, 0.29) is 6.61 Å². The normalized spacial score (nSPS) is 12.8. The van der Waals surface area contributed by atoms with Crippen LogP contribution in [0.5, 0.6) is 0 Å². The molecule has 0 saturated heterocycles. The quantitative estimate of drug-likeness (QED) is 0.188. The zero-order valence-electron chi connectivity index (χ0n) is 19.0. The van der Waals surface area contributed by atoms with Gasteiger partial charge in [0.05, 0.1) is 6.10 Å². The van der Waals surface area contributed by atoms with Crippen LogP contribution in [0.25, 0.3) is 0 Å². The van der Waals surface area contributed by atoms with Crippen LogP contribution in [0.15, 0.2) is 16.6 Å². The number of aliphatic hydroxyl groups is 2. The number of allylic oxidation sites excluding steroid dienone is 2. The molecule has 0 aliphatic heterocycles. The van der Waals surface area contributed by atoms with Gasteiger partial charge >= 0.3 is 0 Å². The molecule has 1 rings (SSSR count). The molecule has 1 aromatic rings. The third-order valence-electron chi connectivity index (χ3n) is 5.52. The van der Waals surface area contributed by atoms with Gasteiger partial charge in [-0.05, 0) is 38.5 Å². The number of hydrogen-bond donors (Lipinski definition) is 2. The van der Waals surface area contributed by atoms with Gasteiger partial charge in [-0.3, -0.25) is 0 Å². The molecule has 1 atom stereocenters. The van der Waals surface area contributed by atoms with Crippen molar-refractivity contribution in [2.24, 2.45) is 0 Å². The number of aromatic nitrogens is 1. The van der Waals surface area contributed by atoms with E-state index in [0.717, 1.165) is 12.8 Å². The van der Waals surface area contributed by atoms with E-state index in [0.29, 0.717) is 23.8 Å². The number of oxazole rings is 1. The molecule has 0 spiro atoms. The maximum atomic E-state index is 9.93. The van der Waals surface area contributed by atoms with Crippen LogP contribution < -0.4 is 0 Å². The van der Waals surface area contributed by atoms with Crippen LogP contribution in [0.3, 0.4) is 0 Å². The molecule has 0 aliphatic rings. The Morgan fingerprint density at radius 2 is 1.38 bits per heavy atom. The van der Waals surface area contributed by atoms with Gasteiger partial charge in [0.15, 0.2) is 11.7 Å². The van der Waals surface area contributed by atoms with E-state index in [1.807, 2.05) is 6.92 Å². The van der Waals surface area contributed by atoms with Gasteiger partial charge in [0, 0.05) is 6.42 Å². The fraction of sp³-hybridized carbons (Fsp3) is 0.800. The molecule has 0 saturated carbocycles. The van der Waals surface area contributed by atoms with E-state index in [2.05, 4.69) is 24.1 Å². The molecule has 0 fully saturated rings. The van der Waals surface area contributed by atoms with Gasteiger partial charge in [-0.2, -0.15) is 0 Å². The van der Waals surface area contributed by atoms with Crippen LogP contribution in [0.1, 0.15) is 134 Å². The molecule has 2 N–H and O–H groups in total. The van der Waals surface area contributed by atoms with Crippen molar-refractivity contribution >= 4 is 0 Å². The molecule has 0 aromatic carbocycles. The molecule has 29 heavy (non-hydrogen) atoms. The number of unbranched alkanes of at least 4 members (excludes halogenated alkanes) is 12. The summed E-state index contributed by atoms with van der Waals surface area (Å²) in [6.07, 6.45) is 23.6. The van der Waals surface area contributed by atoms with E-state index >= 15 is 0 Å². The summed E-state index contributed by atoms with van der Waals surface area (Å²) in [4.78, 5) is 4.37. The van der Waals surface area contributed by atoms with Gasteiger partial charge < -0.3 is 14.6 Å². The lowest BCUT2D eigenvalue weighted by Gasteiger charge is -2.03. The first-order valence-corrected chi connectivity index (χ1v) is 12.1. The standard InChI is InChI=1S/C25H45NO3/c1-3-5-6-7-8-9-10-11-12-13-14-15-16-17-18-19-20-24-26-25(22(28)4-2)23(21-27)29-24/h11-12,22,27-28H,3-10,13-21H2,1-2H3/b12-11-. The van der Waals surface area contributed by atoms with Crippen LogP contribution in [0, 0.1) is 0 Å². The molecule has 1 unspecified atom stereocenters. The first kappa shape index (κ1) is 25.9. The van der Waals surface area contributed by atoms with Gasteiger partial charge in [-0.15, -0.1) is 0 Å². The third-order valence-corrected chi connectivity index (χ3v) is 5.52. The van der Waals surface area contributed by atoms with Gasteiger partial charge in [0.2, 0.25) is 0 Å². The zero-order chi connectivity index (χ0) is 21.2. The van der Waals surface area contributed by atoms with Crippen LogP contribution >= 0.6 is 0 Å². The molecule has 0 amide bonds. The van der Waals surface area contributed by atoms with Crippen molar-refractivity contribution in [3.8, 4) is 0 Å². The van der Waals surface area contributed by atoms with Gasteiger partial charge in [-0.25, -0.2) is 4.98 Å². The smallest absolute Gasteiger partial charge is 0.194 e. The fourth-order valence-electron chi connectivity index (χ4n) is 3.61. The minimum atomic E-state index is -0.644. The van der Waals surface area contributed by atoms with Gasteiger partial charge in [0.1, 0.15) is 12.3 Å². The van der Waals surface area contributed by atoms with Gasteiger partial charge in [0.25, 0.3) is 0 Å². The zero-order valence-corrected chi connectivity index (χ0v) is 19.0. The highest BCUT2D eigenvalue weighted by Gasteiger charge is 2.18. The van der Waals surface area contributed by atoms with Crippen LogP contribution in [-0.2, 0) is 13.0 Å². The Labute approximate surface area is 178 Å². The Hall–Kier alpha value is -1.13. The Bertz CT molecular complexity index is 524. The van der Waals surface area contributed by atoms with Crippen LogP contribution in [0.2, 0.25) is 0 Å². The largest absolute Gasteiger partial charge is 0.443 e. The molecule has 1 heterocycles. The van der Waals surface area contributed by atoms with Crippen molar-refractivity contribution in [1.82, 2.24) is 4.98 Å². The topological polar surface area (TPSA) is 66.5 Å². The van der Waals surface area contributed by atoms with Crippen molar-refractivity contribution in [3.63, 3.8) is 0 Å². The lowest BCUT2D eigenvalue weighted by molar-refractivity contribution is 0.161. The summed E-state index contributed by atoms with van der Waals surface area (Å²) in [6.45, 7) is 3.96. The van der Waals surface area contributed by atoms with Crippen molar-refractivity contribution in [2.45, 2.75) is 129 Å². The molecule has 1 aromatic heterocycles. The lowest BCUT2D eigenvalue weighted by atomic mass is 10.1. The highest BCUT2D eigenvalue weighted by atomic mass is 16.4. The Balaban J connectivity index is 1.96. The fourth-order valence-corrected chi connectivity index (χ4v) is 3.61. The highest BCUT2D eigenvalue weighted by Crippen LogP contribution is 2.22. The molecular formula is C25H45NO3. The Morgan fingerprint density at radius 3 is 1.93 bits per heavy atom. The minimum absolute atomic E-state index is 0.202. The molecular weight excluding hydrogens is 362 g/mol. The van der Waals surface area contributed by atoms with Crippen LogP contribution in [-0.4, -0.2) is 15.2 Å². The van der Waals surface area contributed by atoms with Crippen molar-refractivity contribution in [3.05, 3.63) is 29.5 Å². The Kier molecular flexibility index (Phi) is 15.8. The molecule has 0 bridgehead atoms. The van der Waals surface area contributed by atoms with E-state index < -0.39 is 6.10 Å². The maximum absolute atomic E-state index is 9.93. The number of rotatable bonds is 19. The highest BCUT2D eigenvalue weighted by molar-refractivity contribution is 5.12. The van der Waals surface area contributed by atoms with E-state index in [1.165, 1.54) is 83.5 Å². The number of hydrogen-bond acceptors (Lipinski definition) is 4. The summed E-state index contributed by atoms with van der Waals surface area (Å²) in [5, 5.41) is 19.3. The second kappa shape index (κ2) is 17.7.